The fraction of sp³-hybridized carbons (Fsp3) is 1.00. The van der Waals surface area contributed by atoms with Crippen molar-refractivity contribution in [2.45, 2.75) is 72.1 Å². The van der Waals surface area contributed by atoms with E-state index in [-0.39, 0.29) is 0 Å². The summed E-state index contributed by atoms with van der Waals surface area (Å²) in [4.78, 5) is 0. The molecule has 0 amide bonds. The maximum absolute atomic E-state index is 5.08. The van der Waals surface area contributed by atoms with Gasteiger partial charge in [0.05, 0.1) is 6.61 Å². The highest BCUT2D eigenvalue weighted by atomic mass is 16.5. The zero-order chi connectivity index (χ0) is 13.7. The zero-order valence-electron chi connectivity index (χ0n) is 13.2. The van der Waals surface area contributed by atoms with Crippen molar-refractivity contribution in [2.75, 3.05) is 26.8 Å². The predicted octanol–water partition coefficient (Wildman–Crippen LogP) is 4.39. The van der Waals surface area contributed by atoms with Gasteiger partial charge in [0.15, 0.2) is 0 Å². The molecule has 0 saturated carbocycles. The van der Waals surface area contributed by atoms with E-state index in [1.165, 1.54) is 51.4 Å². The molecular formula is C16H35NO. The number of hydrogen-bond acceptors (Lipinski definition) is 2. The van der Waals surface area contributed by atoms with Crippen LogP contribution in [0.4, 0.5) is 0 Å². The van der Waals surface area contributed by atoms with Crippen LogP contribution in [0.15, 0.2) is 0 Å². The Morgan fingerprint density at radius 3 is 2.28 bits per heavy atom. The summed E-state index contributed by atoms with van der Waals surface area (Å²) in [5, 5.41) is 3.54. The molecule has 0 aliphatic heterocycles. The highest BCUT2D eigenvalue weighted by Gasteiger charge is 2.21. The summed E-state index contributed by atoms with van der Waals surface area (Å²) in [7, 11) is 1.76. The van der Waals surface area contributed by atoms with Crippen LogP contribution in [0.25, 0.3) is 0 Å². The zero-order valence-corrected chi connectivity index (χ0v) is 13.2. The number of methoxy groups -OCH3 is 1. The third kappa shape index (κ3) is 9.90. The summed E-state index contributed by atoms with van der Waals surface area (Å²) in [5.74, 6) is 0. The molecule has 0 saturated heterocycles. The fourth-order valence-corrected chi connectivity index (χ4v) is 2.63. The first-order valence-electron chi connectivity index (χ1n) is 7.88. The van der Waals surface area contributed by atoms with Crippen molar-refractivity contribution in [1.29, 1.82) is 0 Å². The van der Waals surface area contributed by atoms with Crippen molar-refractivity contribution < 1.29 is 4.74 Å². The van der Waals surface area contributed by atoms with Gasteiger partial charge in [-0.05, 0) is 18.3 Å². The average Bonchev–Trinajstić information content (AvgIpc) is 2.35. The third-order valence-corrected chi connectivity index (χ3v) is 3.77. The van der Waals surface area contributed by atoms with Gasteiger partial charge in [-0.2, -0.15) is 0 Å². The molecule has 1 atom stereocenters. The Balaban J connectivity index is 3.78. The molecule has 0 aliphatic rings. The molecule has 0 heterocycles. The van der Waals surface area contributed by atoms with Crippen LogP contribution in [0.1, 0.15) is 72.1 Å². The molecular weight excluding hydrogens is 222 g/mol. The van der Waals surface area contributed by atoms with Crippen LogP contribution in [0.5, 0.6) is 0 Å². The lowest BCUT2D eigenvalue weighted by molar-refractivity contribution is 0.186. The van der Waals surface area contributed by atoms with E-state index in [0.29, 0.717) is 5.41 Å². The molecule has 18 heavy (non-hydrogen) atoms. The first kappa shape index (κ1) is 17.9. The molecule has 0 aromatic heterocycles. The topological polar surface area (TPSA) is 21.3 Å². The largest absolute Gasteiger partial charge is 0.383 e. The van der Waals surface area contributed by atoms with Gasteiger partial charge >= 0.3 is 0 Å². The Hall–Kier alpha value is -0.0800. The van der Waals surface area contributed by atoms with Gasteiger partial charge in [-0.15, -0.1) is 0 Å². The molecule has 0 spiro atoms. The van der Waals surface area contributed by atoms with Gasteiger partial charge in [-0.3, -0.25) is 0 Å². The molecule has 110 valence electrons. The van der Waals surface area contributed by atoms with Gasteiger partial charge in [-0.25, -0.2) is 0 Å². The number of ether oxygens (including phenoxy) is 1. The minimum atomic E-state index is 0.481. The first-order chi connectivity index (χ1) is 8.68. The molecule has 0 aromatic rings. The summed E-state index contributed by atoms with van der Waals surface area (Å²) < 4.78 is 5.08. The maximum Gasteiger partial charge on any atom is 0.0587 e. The monoisotopic (exact) mass is 257 g/mol. The summed E-state index contributed by atoms with van der Waals surface area (Å²) in [6.07, 6.45) is 10.9. The normalized spacial score (nSPS) is 14.7. The molecule has 1 unspecified atom stereocenters. The molecule has 0 bridgehead atoms. The Morgan fingerprint density at radius 2 is 1.67 bits per heavy atom. The minimum absolute atomic E-state index is 0.481. The SMILES string of the molecule is CCCCCCCC(C)(CCC)CNCCOC. The Morgan fingerprint density at radius 1 is 0.944 bits per heavy atom. The fourth-order valence-electron chi connectivity index (χ4n) is 2.63. The second kappa shape index (κ2) is 12.0. The van der Waals surface area contributed by atoms with E-state index in [0.717, 1.165) is 19.7 Å². The molecule has 2 nitrogen and oxygen atoms in total. The van der Waals surface area contributed by atoms with Gasteiger partial charge in [-0.1, -0.05) is 59.3 Å². The van der Waals surface area contributed by atoms with E-state index < -0.39 is 0 Å². The summed E-state index contributed by atoms with van der Waals surface area (Å²) in [5.41, 5.74) is 0.481. The number of hydrogen-bond donors (Lipinski definition) is 1. The highest BCUT2D eigenvalue weighted by molar-refractivity contribution is 4.76. The Bertz CT molecular complexity index is 172. The third-order valence-electron chi connectivity index (χ3n) is 3.77. The number of rotatable bonds is 13. The first-order valence-corrected chi connectivity index (χ1v) is 7.88. The summed E-state index contributed by atoms with van der Waals surface area (Å²) in [6, 6.07) is 0. The van der Waals surface area contributed by atoms with Crippen molar-refractivity contribution in [1.82, 2.24) is 5.32 Å². The van der Waals surface area contributed by atoms with Crippen LogP contribution in [-0.4, -0.2) is 26.8 Å². The smallest absolute Gasteiger partial charge is 0.0587 e. The molecule has 0 rings (SSSR count). The van der Waals surface area contributed by atoms with Crippen LogP contribution in [0, 0.1) is 5.41 Å². The minimum Gasteiger partial charge on any atom is -0.383 e. The quantitative estimate of drug-likeness (QED) is 0.494. The standard InChI is InChI=1S/C16H35NO/c1-5-7-8-9-10-12-16(3,11-6-2)15-17-13-14-18-4/h17H,5-15H2,1-4H3. The molecule has 2 heteroatoms. The predicted molar refractivity (Wildman–Crippen MR) is 81.1 cm³/mol. The van der Waals surface area contributed by atoms with E-state index >= 15 is 0 Å². The van der Waals surface area contributed by atoms with Gasteiger partial charge in [0.2, 0.25) is 0 Å². The summed E-state index contributed by atoms with van der Waals surface area (Å²) >= 11 is 0. The highest BCUT2D eigenvalue weighted by Crippen LogP contribution is 2.29. The number of nitrogens with one attached hydrogen (secondary N) is 1. The number of unbranched alkanes of at least 4 members (excludes halogenated alkanes) is 4. The van der Waals surface area contributed by atoms with Crippen molar-refractivity contribution >= 4 is 0 Å². The Labute approximate surface area is 115 Å². The maximum atomic E-state index is 5.08. The Kier molecular flexibility index (Phi) is 11.9. The van der Waals surface area contributed by atoms with Crippen molar-refractivity contribution in [2.24, 2.45) is 5.41 Å². The molecule has 0 fully saturated rings. The van der Waals surface area contributed by atoms with E-state index in [4.69, 9.17) is 4.74 Å². The molecule has 1 N–H and O–H groups in total. The van der Waals surface area contributed by atoms with Crippen molar-refractivity contribution in [3.63, 3.8) is 0 Å². The van der Waals surface area contributed by atoms with Gasteiger partial charge < -0.3 is 10.1 Å². The van der Waals surface area contributed by atoms with Crippen LogP contribution in [0.3, 0.4) is 0 Å². The van der Waals surface area contributed by atoms with Crippen LogP contribution in [-0.2, 0) is 4.74 Å². The second-order valence-electron chi connectivity index (χ2n) is 5.89. The van der Waals surface area contributed by atoms with E-state index in [1.54, 1.807) is 7.11 Å². The van der Waals surface area contributed by atoms with Crippen molar-refractivity contribution in [3.05, 3.63) is 0 Å². The van der Waals surface area contributed by atoms with Gasteiger partial charge in [0.25, 0.3) is 0 Å². The lowest BCUT2D eigenvalue weighted by Gasteiger charge is -2.30. The van der Waals surface area contributed by atoms with E-state index in [9.17, 15) is 0 Å². The van der Waals surface area contributed by atoms with Gasteiger partial charge in [0, 0.05) is 20.2 Å². The molecule has 0 aliphatic carbocycles. The van der Waals surface area contributed by atoms with Crippen molar-refractivity contribution in [3.8, 4) is 0 Å². The van der Waals surface area contributed by atoms with Gasteiger partial charge in [0.1, 0.15) is 0 Å². The van der Waals surface area contributed by atoms with Crippen LogP contribution < -0.4 is 5.32 Å². The average molecular weight is 257 g/mol. The lowest BCUT2D eigenvalue weighted by Crippen LogP contribution is -2.33. The molecule has 0 radical (unpaired) electrons. The van der Waals surface area contributed by atoms with Crippen LogP contribution >= 0.6 is 0 Å². The second-order valence-corrected chi connectivity index (χ2v) is 5.89. The van der Waals surface area contributed by atoms with Crippen LogP contribution in [0.2, 0.25) is 0 Å². The lowest BCUT2D eigenvalue weighted by atomic mass is 9.80. The van der Waals surface area contributed by atoms with E-state index in [2.05, 4.69) is 26.1 Å². The van der Waals surface area contributed by atoms with E-state index in [1.807, 2.05) is 0 Å². The molecule has 0 aromatic carbocycles. The summed E-state index contributed by atoms with van der Waals surface area (Å²) in [6.45, 7) is 9.95.